The number of aliphatic hydroxyl groups is 1. The van der Waals surface area contributed by atoms with Gasteiger partial charge in [-0.15, -0.1) is 17.9 Å². The average molecular weight is 513 g/mol. The van der Waals surface area contributed by atoms with Crippen LogP contribution in [-0.2, 0) is 17.6 Å². The smallest absolute Gasteiger partial charge is 0.129 e. The number of benzene rings is 1. The summed E-state index contributed by atoms with van der Waals surface area (Å²) in [4.78, 5) is 2.49. The highest BCUT2D eigenvalue weighted by Gasteiger charge is 2.38. The maximum atomic E-state index is 10.8. The lowest BCUT2D eigenvalue weighted by molar-refractivity contribution is 0.140. The second-order valence-corrected chi connectivity index (χ2v) is 11.7. The lowest BCUT2D eigenvalue weighted by Crippen LogP contribution is -2.18. The van der Waals surface area contributed by atoms with Crippen LogP contribution in [0.25, 0.3) is 5.76 Å². The zero-order valence-electron chi connectivity index (χ0n) is 21.5. The third-order valence-corrected chi connectivity index (χ3v) is 8.66. The predicted octanol–water partition coefficient (Wildman–Crippen LogP) is 8.66. The predicted molar refractivity (Wildman–Crippen MR) is 152 cm³/mol. The number of rotatable bonds is 13. The molecule has 1 aromatic heterocycles. The van der Waals surface area contributed by atoms with Crippen molar-refractivity contribution in [3.63, 3.8) is 0 Å². The highest BCUT2D eigenvalue weighted by Crippen LogP contribution is 2.42. The van der Waals surface area contributed by atoms with Gasteiger partial charge in [-0.3, -0.25) is 0 Å². The lowest BCUT2D eigenvalue weighted by Gasteiger charge is -2.22. The van der Waals surface area contributed by atoms with Gasteiger partial charge >= 0.3 is 0 Å². The number of thiophene rings is 1. The quantitative estimate of drug-likeness (QED) is 0.215. The summed E-state index contributed by atoms with van der Waals surface area (Å²) in [6.45, 7) is 15.4. The maximum absolute atomic E-state index is 10.8. The zero-order chi connectivity index (χ0) is 25.4. The molecule has 1 heterocycles. The van der Waals surface area contributed by atoms with E-state index >= 15 is 0 Å². The van der Waals surface area contributed by atoms with Crippen molar-refractivity contribution in [3.05, 3.63) is 87.6 Å². The standard InChI is InChI=1S/C31H41ClO2S/c1-6-21(3)20-34-23(5)31-15-14-27(35-31)11-9-12-28-25(7-2)19-30(33)29(28)13-8-10-24-16-22(4)17-26(32)18-24/h7-8,13-18,21,25,28-30,33H,2,5-6,9-12,19-20H2,1,3-4H3/t21?,25?,28-,29?,30+/m0/s1. The lowest BCUT2D eigenvalue weighted by atomic mass is 9.84. The topological polar surface area (TPSA) is 29.5 Å². The van der Waals surface area contributed by atoms with Crippen LogP contribution < -0.4 is 0 Å². The Labute approximate surface area is 221 Å². The van der Waals surface area contributed by atoms with Gasteiger partial charge in [0.05, 0.1) is 17.6 Å². The fraction of sp³-hybridized carbons (Fsp3) is 0.484. The third-order valence-electron chi connectivity index (χ3n) is 7.25. The zero-order valence-corrected chi connectivity index (χ0v) is 23.1. The molecule has 35 heavy (non-hydrogen) atoms. The molecule has 1 saturated carbocycles. The summed E-state index contributed by atoms with van der Waals surface area (Å²) in [5, 5.41) is 11.6. The van der Waals surface area contributed by atoms with Crippen molar-refractivity contribution >= 4 is 28.7 Å². The Bertz CT molecular complexity index is 987. The molecule has 1 aromatic carbocycles. The van der Waals surface area contributed by atoms with Crippen LogP contribution in [0, 0.1) is 30.6 Å². The van der Waals surface area contributed by atoms with E-state index in [9.17, 15) is 5.11 Å². The van der Waals surface area contributed by atoms with Crippen molar-refractivity contribution < 1.29 is 9.84 Å². The number of hydrogen-bond acceptors (Lipinski definition) is 3. The molecule has 3 unspecified atom stereocenters. The van der Waals surface area contributed by atoms with Crippen LogP contribution in [0.15, 0.2) is 61.7 Å². The molecular weight excluding hydrogens is 472 g/mol. The summed E-state index contributed by atoms with van der Waals surface area (Å²) < 4.78 is 5.88. The highest BCUT2D eigenvalue weighted by atomic mass is 35.5. The van der Waals surface area contributed by atoms with Crippen LogP contribution in [0.1, 0.15) is 60.4 Å². The molecule has 0 radical (unpaired) electrons. The molecule has 0 amide bonds. The summed E-state index contributed by atoms with van der Waals surface area (Å²) >= 11 is 8.00. The van der Waals surface area contributed by atoms with Crippen molar-refractivity contribution in [1.29, 1.82) is 0 Å². The molecule has 5 atom stereocenters. The van der Waals surface area contributed by atoms with E-state index in [-0.39, 0.29) is 12.0 Å². The van der Waals surface area contributed by atoms with E-state index in [1.807, 2.05) is 18.2 Å². The normalized spacial score (nSPS) is 23.0. The van der Waals surface area contributed by atoms with E-state index in [1.54, 1.807) is 11.3 Å². The van der Waals surface area contributed by atoms with Gasteiger partial charge in [-0.25, -0.2) is 0 Å². The summed E-state index contributed by atoms with van der Waals surface area (Å²) in [5.41, 5.74) is 2.38. The second kappa shape index (κ2) is 13.5. The Morgan fingerprint density at radius 3 is 2.83 bits per heavy atom. The van der Waals surface area contributed by atoms with E-state index in [2.05, 4.69) is 64.3 Å². The molecule has 0 saturated heterocycles. The molecule has 190 valence electrons. The van der Waals surface area contributed by atoms with Gasteiger partial charge in [0.1, 0.15) is 5.76 Å². The molecule has 1 aliphatic rings. The molecule has 4 heteroatoms. The fourth-order valence-corrected chi connectivity index (χ4v) is 6.31. The molecule has 0 bridgehead atoms. The number of halogens is 1. The molecular formula is C31H41ClO2S. The van der Waals surface area contributed by atoms with Crippen LogP contribution in [0.3, 0.4) is 0 Å². The number of aliphatic hydroxyl groups excluding tert-OH is 1. The first kappa shape index (κ1) is 27.8. The van der Waals surface area contributed by atoms with Gasteiger partial charge in [0.25, 0.3) is 0 Å². The minimum atomic E-state index is -0.306. The van der Waals surface area contributed by atoms with E-state index in [4.69, 9.17) is 16.3 Å². The third kappa shape index (κ3) is 8.10. The van der Waals surface area contributed by atoms with Crippen molar-refractivity contribution in [2.24, 2.45) is 23.7 Å². The maximum Gasteiger partial charge on any atom is 0.129 e. The number of ether oxygens (including phenoxy) is 1. The number of hydrogen-bond donors (Lipinski definition) is 1. The molecule has 3 rings (SSSR count). The van der Waals surface area contributed by atoms with Gasteiger partial charge in [0.2, 0.25) is 0 Å². The average Bonchev–Trinajstić information content (AvgIpc) is 3.41. The molecule has 2 aromatic rings. The SMILES string of the molecule is C=CC1C[C@@H](O)C(C=CCc2cc(C)cc(Cl)c2)[C@H]1CCCc1ccc(C(=C)OCC(C)CC)s1. The van der Waals surface area contributed by atoms with E-state index < -0.39 is 0 Å². The fourth-order valence-electron chi connectivity index (χ4n) is 5.03. The molecule has 1 aliphatic carbocycles. The summed E-state index contributed by atoms with van der Waals surface area (Å²) in [5.74, 6) is 2.29. The van der Waals surface area contributed by atoms with E-state index in [0.29, 0.717) is 17.8 Å². The highest BCUT2D eigenvalue weighted by molar-refractivity contribution is 7.13. The summed E-state index contributed by atoms with van der Waals surface area (Å²) in [6, 6.07) is 10.5. The van der Waals surface area contributed by atoms with Crippen LogP contribution in [-0.4, -0.2) is 17.8 Å². The van der Waals surface area contributed by atoms with Crippen LogP contribution >= 0.6 is 22.9 Å². The summed E-state index contributed by atoms with van der Waals surface area (Å²) in [6.07, 6.45) is 12.1. The van der Waals surface area contributed by atoms with Crippen molar-refractivity contribution in [3.8, 4) is 0 Å². The van der Waals surface area contributed by atoms with Crippen LogP contribution in [0.2, 0.25) is 5.02 Å². The minimum Gasteiger partial charge on any atom is -0.492 e. The van der Waals surface area contributed by atoms with Crippen molar-refractivity contribution in [2.45, 2.75) is 65.4 Å². The number of allylic oxidation sites excluding steroid dienone is 2. The Morgan fingerprint density at radius 2 is 2.11 bits per heavy atom. The first-order valence-corrected chi connectivity index (χ1v) is 14.1. The largest absolute Gasteiger partial charge is 0.492 e. The Kier molecular flexibility index (Phi) is 10.7. The molecule has 2 nitrogen and oxygen atoms in total. The van der Waals surface area contributed by atoms with Crippen molar-refractivity contribution in [2.75, 3.05) is 6.61 Å². The summed E-state index contributed by atoms with van der Waals surface area (Å²) in [7, 11) is 0. The molecule has 1 fully saturated rings. The van der Waals surface area contributed by atoms with Gasteiger partial charge in [0.15, 0.2) is 0 Å². The van der Waals surface area contributed by atoms with Crippen LogP contribution in [0.5, 0.6) is 0 Å². The molecule has 0 spiro atoms. The molecule has 1 N–H and O–H groups in total. The van der Waals surface area contributed by atoms with Crippen LogP contribution in [0.4, 0.5) is 0 Å². The van der Waals surface area contributed by atoms with Gasteiger partial charge in [-0.05, 0) is 92.2 Å². The van der Waals surface area contributed by atoms with Gasteiger partial charge in [-0.1, -0.05) is 62.7 Å². The van der Waals surface area contributed by atoms with Gasteiger partial charge < -0.3 is 9.84 Å². The first-order valence-electron chi connectivity index (χ1n) is 12.9. The molecule has 0 aliphatic heterocycles. The Morgan fingerprint density at radius 1 is 1.31 bits per heavy atom. The Hall–Kier alpha value is -1.81. The van der Waals surface area contributed by atoms with Crippen molar-refractivity contribution in [1.82, 2.24) is 0 Å². The second-order valence-electron chi connectivity index (χ2n) is 10.1. The van der Waals surface area contributed by atoms with E-state index in [0.717, 1.165) is 60.8 Å². The van der Waals surface area contributed by atoms with Gasteiger partial charge in [-0.2, -0.15) is 0 Å². The van der Waals surface area contributed by atoms with E-state index in [1.165, 1.54) is 16.0 Å². The van der Waals surface area contributed by atoms with Gasteiger partial charge in [0, 0.05) is 15.8 Å². The monoisotopic (exact) mass is 512 g/mol. The first-order chi connectivity index (χ1) is 16.8. The minimum absolute atomic E-state index is 0.172. The number of aryl methyl sites for hydroxylation is 2. The Balaban J connectivity index is 1.55.